The van der Waals surface area contributed by atoms with Gasteiger partial charge in [0, 0.05) is 43.8 Å². The molecule has 0 bridgehead atoms. The first-order valence-electron chi connectivity index (χ1n) is 10.9. The van der Waals surface area contributed by atoms with Crippen LogP contribution >= 0.6 is 0 Å². The van der Waals surface area contributed by atoms with Crippen molar-refractivity contribution in [3.8, 4) is 0 Å². The Morgan fingerprint density at radius 2 is 1.53 bits per heavy atom. The van der Waals surface area contributed by atoms with Gasteiger partial charge in [0.15, 0.2) is 0 Å². The molecule has 0 unspecified atom stereocenters. The van der Waals surface area contributed by atoms with Crippen LogP contribution in [-0.2, 0) is 10.0 Å². The highest BCUT2D eigenvalue weighted by atomic mass is 32.2. The maximum atomic E-state index is 12.9. The number of benzene rings is 1. The van der Waals surface area contributed by atoms with E-state index in [4.69, 9.17) is 0 Å². The van der Waals surface area contributed by atoms with Crippen molar-refractivity contribution >= 4 is 22.0 Å². The minimum atomic E-state index is -3.60. The summed E-state index contributed by atoms with van der Waals surface area (Å²) in [6.07, 6.45) is 7.37. The van der Waals surface area contributed by atoms with Gasteiger partial charge in [0.1, 0.15) is 0 Å². The lowest BCUT2D eigenvalue weighted by Gasteiger charge is -2.36. The Morgan fingerprint density at radius 3 is 2.20 bits per heavy atom. The standard InChI is InChI=1S/C21H30N4O4S/c26-20(16-5-4-8-19(15-16)30(28,29)23-18-9-10-18)24-11-13-25(14-12-24)21(27)22-17-6-2-1-3-7-17/h4-5,8,15,17-18,23H,1-3,6-7,9-14H2,(H,22,27). The predicted octanol–water partition coefficient (Wildman–Crippen LogP) is 1.93. The van der Waals surface area contributed by atoms with Gasteiger partial charge in [-0.25, -0.2) is 17.9 Å². The van der Waals surface area contributed by atoms with E-state index in [0.29, 0.717) is 31.7 Å². The van der Waals surface area contributed by atoms with E-state index in [1.165, 1.54) is 18.6 Å². The molecule has 1 aliphatic heterocycles. The van der Waals surface area contributed by atoms with Crippen LogP contribution in [0.1, 0.15) is 55.3 Å². The van der Waals surface area contributed by atoms with Crippen molar-refractivity contribution < 1.29 is 18.0 Å². The molecule has 164 valence electrons. The van der Waals surface area contributed by atoms with E-state index >= 15 is 0 Å². The van der Waals surface area contributed by atoms with Crippen molar-refractivity contribution in [1.82, 2.24) is 19.8 Å². The van der Waals surface area contributed by atoms with Gasteiger partial charge in [-0.05, 0) is 43.9 Å². The van der Waals surface area contributed by atoms with Crippen LogP contribution in [0, 0.1) is 0 Å². The third-order valence-electron chi connectivity index (χ3n) is 6.08. The fourth-order valence-corrected chi connectivity index (χ4v) is 5.44. The number of piperazine rings is 1. The number of sulfonamides is 1. The van der Waals surface area contributed by atoms with Gasteiger partial charge in [0.25, 0.3) is 5.91 Å². The Kier molecular flexibility index (Phi) is 6.29. The van der Waals surface area contributed by atoms with Gasteiger partial charge in [0.05, 0.1) is 4.90 Å². The molecule has 8 nitrogen and oxygen atoms in total. The van der Waals surface area contributed by atoms with Gasteiger partial charge in [-0.1, -0.05) is 25.3 Å². The molecule has 9 heteroatoms. The molecule has 3 aliphatic rings. The van der Waals surface area contributed by atoms with Crippen molar-refractivity contribution in [1.29, 1.82) is 0 Å². The lowest BCUT2D eigenvalue weighted by molar-refractivity contribution is 0.0662. The number of amides is 3. The number of hydrogen-bond acceptors (Lipinski definition) is 4. The van der Waals surface area contributed by atoms with Gasteiger partial charge in [-0.15, -0.1) is 0 Å². The average molecular weight is 435 g/mol. The highest BCUT2D eigenvalue weighted by Crippen LogP contribution is 2.23. The summed E-state index contributed by atoms with van der Waals surface area (Å²) in [6, 6.07) is 6.42. The lowest BCUT2D eigenvalue weighted by Crippen LogP contribution is -2.54. The third kappa shape index (κ3) is 5.13. The van der Waals surface area contributed by atoms with Gasteiger partial charge in [-0.3, -0.25) is 4.79 Å². The molecule has 2 aliphatic carbocycles. The SMILES string of the molecule is O=C(NC1CCCCC1)N1CCN(C(=O)c2cccc(S(=O)(=O)NC3CC3)c2)CC1. The minimum Gasteiger partial charge on any atom is -0.335 e. The molecule has 1 saturated heterocycles. The highest BCUT2D eigenvalue weighted by molar-refractivity contribution is 7.89. The second-order valence-corrected chi connectivity index (χ2v) is 10.2. The molecule has 1 heterocycles. The van der Waals surface area contributed by atoms with E-state index in [1.807, 2.05) is 0 Å². The number of hydrogen-bond donors (Lipinski definition) is 2. The van der Waals surface area contributed by atoms with Crippen molar-refractivity contribution in [3.63, 3.8) is 0 Å². The molecular formula is C21H30N4O4S. The molecule has 3 amide bonds. The molecule has 2 N–H and O–H groups in total. The van der Waals surface area contributed by atoms with Crippen LogP contribution < -0.4 is 10.0 Å². The van der Waals surface area contributed by atoms with Gasteiger partial charge in [0.2, 0.25) is 10.0 Å². The molecule has 3 fully saturated rings. The molecule has 0 aromatic heterocycles. The molecule has 4 rings (SSSR count). The Bertz CT molecular complexity index is 886. The lowest BCUT2D eigenvalue weighted by atomic mass is 9.96. The van der Waals surface area contributed by atoms with Crippen molar-refractivity contribution in [3.05, 3.63) is 29.8 Å². The van der Waals surface area contributed by atoms with E-state index in [2.05, 4.69) is 10.0 Å². The van der Waals surface area contributed by atoms with Crippen LogP contribution in [0.15, 0.2) is 29.2 Å². The molecule has 0 atom stereocenters. The highest BCUT2D eigenvalue weighted by Gasteiger charge is 2.30. The number of nitrogens with one attached hydrogen (secondary N) is 2. The molecule has 30 heavy (non-hydrogen) atoms. The summed E-state index contributed by atoms with van der Waals surface area (Å²) in [5.41, 5.74) is 0.355. The fourth-order valence-electron chi connectivity index (χ4n) is 4.09. The average Bonchev–Trinajstić information content (AvgIpc) is 3.57. The van der Waals surface area contributed by atoms with Crippen molar-refractivity contribution in [2.24, 2.45) is 0 Å². The summed E-state index contributed by atoms with van der Waals surface area (Å²) in [4.78, 5) is 29.0. The Balaban J connectivity index is 1.33. The summed E-state index contributed by atoms with van der Waals surface area (Å²) in [5, 5.41) is 3.12. The zero-order valence-corrected chi connectivity index (χ0v) is 18.0. The summed E-state index contributed by atoms with van der Waals surface area (Å²) in [7, 11) is -3.60. The monoisotopic (exact) mass is 434 g/mol. The Morgan fingerprint density at radius 1 is 0.867 bits per heavy atom. The molecule has 1 aromatic rings. The minimum absolute atomic E-state index is 0.0159. The van der Waals surface area contributed by atoms with E-state index in [-0.39, 0.29) is 28.9 Å². The van der Waals surface area contributed by atoms with Crippen molar-refractivity contribution in [2.75, 3.05) is 26.2 Å². The van der Waals surface area contributed by atoms with Gasteiger partial charge < -0.3 is 15.1 Å². The topological polar surface area (TPSA) is 98.8 Å². The van der Waals surface area contributed by atoms with E-state index in [1.54, 1.807) is 21.9 Å². The second kappa shape index (κ2) is 8.93. The maximum absolute atomic E-state index is 12.9. The Labute approximate surface area is 178 Å². The first kappa shape index (κ1) is 21.1. The number of carbonyl (C=O) groups excluding carboxylic acids is 2. The molecule has 0 spiro atoms. The first-order valence-corrected chi connectivity index (χ1v) is 12.4. The van der Waals surface area contributed by atoms with Gasteiger partial charge >= 0.3 is 6.03 Å². The molecule has 0 radical (unpaired) electrons. The summed E-state index contributed by atoms with van der Waals surface area (Å²) < 4.78 is 27.5. The van der Waals surface area contributed by atoms with Crippen LogP contribution in [0.2, 0.25) is 0 Å². The number of rotatable bonds is 5. The predicted molar refractivity (Wildman–Crippen MR) is 113 cm³/mol. The van der Waals surface area contributed by atoms with Gasteiger partial charge in [-0.2, -0.15) is 0 Å². The number of urea groups is 1. The van der Waals surface area contributed by atoms with Crippen LogP contribution in [0.3, 0.4) is 0 Å². The van der Waals surface area contributed by atoms with Crippen LogP contribution in [0.5, 0.6) is 0 Å². The van der Waals surface area contributed by atoms with Crippen LogP contribution in [0.4, 0.5) is 4.79 Å². The van der Waals surface area contributed by atoms with E-state index in [9.17, 15) is 18.0 Å². The number of carbonyl (C=O) groups is 2. The van der Waals surface area contributed by atoms with Crippen LogP contribution in [-0.4, -0.2) is 68.4 Å². The third-order valence-corrected chi connectivity index (χ3v) is 7.60. The molecule has 1 aromatic carbocycles. The first-order chi connectivity index (χ1) is 14.4. The maximum Gasteiger partial charge on any atom is 0.317 e. The normalized spacial score (nSPS) is 20.8. The van der Waals surface area contributed by atoms with Crippen LogP contribution in [0.25, 0.3) is 0 Å². The quantitative estimate of drug-likeness (QED) is 0.740. The summed E-state index contributed by atoms with van der Waals surface area (Å²) >= 11 is 0. The van der Waals surface area contributed by atoms with Crippen molar-refractivity contribution in [2.45, 2.75) is 61.9 Å². The number of nitrogens with zero attached hydrogens (tertiary/aromatic N) is 2. The molecular weight excluding hydrogens is 404 g/mol. The molecule has 2 saturated carbocycles. The summed E-state index contributed by atoms with van der Waals surface area (Å²) in [5.74, 6) is -0.203. The zero-order chi connectivity index (χ0) is 21.1. The fraction of sp³-hybridized carbons (Fsp3) is 0.619. The summed E-state index contributed by atoms with van der Waals surface area (Å²) in [6.45, 7) is 1.83. The van der Waals surface area contributed by atoms with E-state index < -0.39 is 10.0 Å². The van der Waals surface area contributed by atoms with E-state index in [0.717, 1.165) is 38.5 Å². The smallest absolute Gasteiger partial charge is 0.317 e. The second-order valence-electron chi connectivity index (χ2n) is 8.49. The Hall–Kier alpha value is -2.13. The largest absolute Gasteiger partial charge is 0.335 e. The zero-order valence-electron chi connectivity index (χ0n) is 17.2.